The number of aryl methyl sites for hydroxylation is 1. The summed E-state index contributed by atoms with van der Waals surface area (Å²) in [6, 6.07) is 4.23. The van der Waals surface area contributed by atoms with Gasteiger partial charge in [-0.25, -0.2) is 9.97 Å². The summed E-state index contributed by atoms with van der Waals surface area (Å²) in [5, 5.41) is 4.40. The van der Waals surface area contributed by atoms with Crippen molar-refractivity contribution in [2.45, 2.75) is 46.1 Å². The van der Waals surface area contributed by atoms with E-state index in [1.807, 2.05) is 23.7 Å². The van der Waals surface area contributed by atoms with E-state index in [4.69, 9.17) is 4.98 Å². The highest BCUT2D eigenvalue weighted by atomic mass is 32.2. The largest absolute Gasteiger partial charge is 0.281 e. The van der Waals surface area contributed by atoms with Crippen LogP contribution in [0.2, 0.25) is 0 Å². The second-order valence-electron chi connectivity index (χ2n) is 7.90. The molecule has 0 saturated carbocycles. The fourth-order valence-electron chi connectivity index (χ4n) is 3.61. The second kappa shape index (κ2) is 8.26. The molecule has 0 aromatic carbocycles. The molecule has 0 radical (unpaired) electrons. The Balaban J connectivity index is 1.73. The molecule has 2 aromatic heterocycles. The summed E-state index contributed by atoms with van der Waals surface area (Å²) >= 11 is 0. The zero-order chi connectivity index (χ0) is 20.5. The van der Waals surface area contributed by atoms with Crippen LogP contribution in [0.5, 0.6) is 0 Å². The first kappa shape index (κ1) is 20.9. The van der Waals surface area contributed by atoms with Gasteiger partial charge in [0.1, 0.15) is 5.82 Å². The molecule has 0 amide bonds. The first-order chi connectivity index (χ1) is 13.2. The summed E-state index contributed by atoms with van der Waals surface area (Å²) in [6.07, 6.45) is 4.21. The summed E-state index contributed by atoms with van der Waals surface area (Å²) in [5.41, 5.74) is 2.82. The number of rotatable bonds is 6. The van der Waals surface area contributed by atoms with Crippen molar-refractivity contribution in [2.75, 3.05) is 27.2 Å². The van der Waals surface area contributed by atoms with Crippen molar-refractivity contribution < 1.29 is 8.42 Å². The number of piperidine rings is 1. The molecule has 2 aromatic rings. The minimum Gasteiger partial charge on any atom is -0.261 e. The minimum absolute atomic E-state index is 0.256. The maximum absolute atomic E-state index is 12.3. The molecule has 0 aliphatic carbocycles. The van der Waals surface area contributed by atoms with Gasteiger partial charge >= 0.3 is 0 Å². The molecular formula is C19H30N6O2S. The topological polar surface area (TPSA) is 84.2 Å². The van der Waals surface area contributed by atoms with Crippen LogP contribution in [0.3, 0.4) is 0 Å². The van der Waals surface area contributed by atoms with Crippen LogP contribution in [0.15, 0.2) is 18.3 Å². The number of hydrogen-bond acceptors (Lipinski definition) is 5. The average Bonchev–Trinajstić information content (AvgIpc) is 3.11. The lowest BCUT2D eigenvalue weighted by atomic mass is 9.94. The van der Waals surface area contributed by atoms with Crippen LogP contribution >= 0.6 is 0 Å². The first-order valence-electron chi connectivity index (χ1n) is 9.74. The molecule has 0 N–H and O–H groups in total. The van der Waals surface area contributed by atoms with E-state index in [-0.39, 0.29) is 6.04 Å². The fourth-order valence-corrected chi connectivity index (χ4v) is 4.75. The Morgan fingerprint density at radius 3 is 2.50 bits per heavy atom. The SMILES string of the molecule is Cc1cc(-c2ccnn2C(C)C)nc(CC2CCN(S(=O)(=O)N(C)C)CC2)n1. The highest BCUT2D eigenvalue weighted by molar-refractivity contribution is 7.86. The standard InChI is InChI=1S/C19H30N6O2S/c1-14(2)25-18(6-9-20-25)17-12-15(3)21-19(22-17)13-16-7-10-24(11-8-16)28(26,27)23(4)5/h6,9,12,14,16H,7-8,10-11,13H2,1-5H3. The molecule has 8 nitrogen and oxygen atoms in total. The second-order valence-corrected chi connectivity index (χ2v) is 10.0. The molecule has 0 atom stereocenters. The predicted octanol–water partition coefficient (Wildman–Crippen LogP) is 2.29. The lowest BCUT2D eigenvalue weighted by Gasteiger charge is -2.32. The van der Waals surface area contributed by atoms with Gasteiger partial charge in [0.05, 0.1) is 11.4 Å². The summed E-state index contributed by atoms with van der Waals surface area (Å²) in [7, 11) is -0.177. The van der Waals surface area contributed by atoms with Gasteiger partial charge in [0.25, 0.3) is 10.2 Å². The maximum Gasteiger partial charge on any atom is 0.281 e. The quantitative estimate of drug-likeness (QED) is 0.735. The number of aromatic nitrogens is 4. The lowest BCUT2D eigenvalue weighted by Crippen LogP contribution is -2.44. The molecule has 1 aliphatic heterocycles. The van der Waals surface area contributed by atoms with Gasteiger partial charge in [-0.3, -0.25) is 4.68 Å². The Labute approximate surface area is 167 Å². The van der Waals surface area contributed by atoms with Crippen LogP contribution in [0, 0.1) is 12.8 Å². The zero-order valence-corrected chi connectivity index (χ0v) is 18.1. The summed E-state index contributed by atoms with van der Waals surface area (Å²) in [5.74, 6) is 1.21. The molecule has 1 fully saturated rings. The Kier molecular flexibility index (Phi) is 6.16. The van der Waals surface area contributed by atoms with Crippen LogP contribution in [0.25, 0.3) is 11.4 Å². The van der Waals surface area contributed by atoms with E-state index in [2.05, 4.69) is 23.9 Å². The third-order valence-corrected chi connectivity index (χ3v) is 7.10. The van der Waals surface area contributed by atoms with E-state index < -0.39 is 10.2 Å². The Bertz CT molecular complexity index is 914. The monoisotopic (exact) mass is 406 g/mol. The van der Waals surface area contributed by atoms with E-state index in [0.717, 1.165) is 42.2 Å². The summed E-state index contributed by atoms with van der Waals surface area (Å²) in [6.45, 7) is 7.27. The van der Waals surface area contributed by atoms with E-state index >= 15 is 0 Å². The highest BCUT2D eigenvalue weighted by Gasteiger charge is 2.30. The normalized spacial score (nSPS) is 17.0. The molecular weight excluding hydrogens is 376 g/mol. The fraction of sp³-hybridized carbons (Fsp3) is 0.632. The molecule has 3 rings (SSSR count). The Morgan fingerprint density at radius 2 is 1.89 bits per heavy atom. The molecule has 0 unspecified atom stereocenters. The van der Waals surface area contributed by atoms with Crippen molar-refractivity contribution in [2.24, 2.45) is 5.92 Å². The van der Waals surface area contributed by atoms with Crippen molar-refractivity contribution in [3.63, 3.8) is 0 Å². The average molecular weight is 407 g/mol. The first-order valence-corrected chi connectivity index (χ1v) is 11.1. The molecule has 1 saturated heterocycles. The molecule has 0 spiro atoms. The highest BCUT2D eigenvalue weighted by Crippen LogP contribution is 2.25. The third-order valence-electron chi connectivity index (χ3n) is 5.15. The zero-order valence-electron chi connectivity index (χ0n) is 17.3. The van der Waals surface area contributed by atoms with Gasteiger partial charge in [0, 0.05) is 51.5 Å². The molecule has 28 heavy (non-hydrogen) atoms. The van der Waals surface area contributed by atoms with Crippen LogP contribution in [0.1, 0.15) is 44.2 Å². The van der Waals surface area contributed by atoms with Crippen molar-refractivity contribution in [3.05, 3.63) is 29.8 Å². The van der Waals surface area contributed by atoms with Gasteiger partial charge in [-0.1, -0.05) is 0 Å². The van der Waals surface area contributed by atoms with Gasteiger partial charge < -0.3 is 0 Å². The predicted molar refractivity (Wildman–Crippen MR) is 109 cm³/mol. The van der Waals surface area contributed by atoms with Crippen LogP contribution in [-0.4, -0.2) is 64.0 Å². The van der Waals surface area contributed by atoms with Gasteiger partial charge in [-0.2, -0.15) is 22.1 Å². The molecule has 154 valence electrons. The maximum atomic E-state index is 12.3. The number of hydrogen-bond donors (Lipinski definition) is 0. The van der Waals surface area contributed by atoms with Gasteiger partial charge in [0.15, 0.2) is 0 Å². The van der Waals surface area contributed by atoms with Crippen molar-refractivity contribution in [1.29, 1.82) is 0 Å². The van der Waals surface area contributed by atoms with E-state index in [9.17, 15) is 8.42 Å². The smallest absolute Gasteiger partial charge is 0.261 e. The Hall–Kier alpha value is -1.84. The van der Waals surface area contributed by atoms with E-state index in [0.29, 0.717) is 19.0 Å². The third kappa shape index (κ3) is 4.42. The molecule has 3 heterocycles. The van der Waals surface area contributed by atoms with Gasteiger partial charge in [-0.05, 0) is 51.7 Å². The van der Waals surface area contributed by atoms with Crippen LogP contribution < -0.4 is 0 Å². The van der Waals surface area contributed by atoms with Crippen LogP contribution in [0.4, 0.5) is 0 Å². The Morgan fingerprint density at radius 1 is 1.21 bits per heavy atom. The van der Waals surface area contributed by atoms with E-state index in [1.54, 1.807) is 24.6 Å². The van der Waals surface area contributed by atoms with Crippen molar-refractivity contribution >= 4 is 10.2 Å². The number of nitrogens with zero attached hydrogens (tertiary/aromatic N) is 6. The summed E-state index contributed by atoms with van der Waals surface area (Å²) in [4.78, 5) is 9.42. The molecule has 1 aliphatic rings. The lowest BCUT2D eigenvalue weighted by molar-refractivity contribution is 0.259. The summed E-state index contributed by atoms with van der Waals surface area (Å²) < 4.78 is 29.4. The van der Waals surface area contributed by atoms with Gasteiger partial charge in [0.2, 0.25) is 0 Å². The van der Waals surface area contributed by atoms with Gasteiger partial charge in [-0.15, -0.1) is 0 Å². The molecule has 9 heteroatoms. The molecule has 0 bridgehead atoms. The minimum atomic E-state index is -3.33. The van der Waals surface area contributed by atoms with Crippen molar-refractivity contribution in [3.8, 4) is 11.4 Å². The van der Waals surface area contributed by atoms with E-state index in [1.165, 1.54) is 4.31 Å². The van der Waals surface area contributed by atoms with Crippen molar-refractivity contribution in [1.82, 2.24) is 28.4 Å². The van der Waals surface area contributed by atoms with Crippen LogP contribution in [-0.2, 0) is 16.6 Å².